The zero-order chi connectivity index (χ0) is 17.6. The van der Waals surface area contributed by atoms with Gasteiger partial charge in [-0.05, 0) is 0 Å². The molecule has 12 nitrogen and oxygen atoms in total. The van der Waals surface area contributed by atoms with E-state index in [1.165, 1.54) is 12.5 Å². The van der Waals surface area contributed by atoms with Gasteiger partial charge in [0.1, 0.15) is 6.04 Å². The summed E-state index contributed by atoms with van der Waals surface area (Å²) in [5.41, 5.74) is 6.13. The zero-order valence-corrected chi connectivity index (χ0v) is 12.5. The van der Waals surface area contributed by atoms with Gasteiger partial charge in [0.25, 0.3) is 0 Å². The summed E-state index contributed by atoms with van der Waals surface area (Å²) in [6, 6.07) is -2.94. The number of aromatic nitrogens is 2. The van der Waals surface area contributed by atoms with E-state index in [2.05, 4.69) is 14.5 Å². The first-order valence-electron chi connectivity index (χ1n) is 6.12. The van der Waals surface area contributed by atoms with E-state index in [0.717, 1.165) is 0 Å². The number of nitrogens with one attached hydrogen (secondary N) is 2. The standard InChI is InChI=1S/C10H15N4O8P/c11-6(1-5-3-12-4-13-5)9(17)14-7(2-8(15)16)10(18)22-23(19,20)21/h3-4,6-7H,1-2,11H2,(H,12,13)(H,14,17)(H,15,16)(H2,19,20,21)/t6-,7-/m0/s1. The van der Waals surface area contributed by atoms with Gasteiger partial charge in [-0.2, -0.15) is 0 Å². The van der Waals surface area contributed by atoms with Crippen molar-refractivity contribution in [2.24, 2.45) is 5.73 Å². The maximum absolute atomic E-state index is 11.9. The predicted octanol–water partition coefficient (Wildman–Crippen LogP) is -2.13. The van der Waals surface area contributed by atoms with Gasteiger partial charge in [-0.1, -0.05) is 0 Å². The van der Waals surface area contributed by atoms with Crippen LogP contribution in [0.1, 0.15) is 12.1 Å². The van der Waals surface area contributed by atoms with Crippen molar-refractivity contribution in [3.05, 3.63) is 18.2 Å². The Kier molecular flexibility index (Phi) is 6.39. The maximum atomic E-state index is 11.9. The molecule has 0 spiro atoms. The highest BCUT2D eigenvalue weighted by Crippen LogP contribution is 2.36. The molecule has 0 bridgehead atoms. The van der Waals surface area contributed by atoms with E-state index in [0.29, 0.717) is 5.69 Å². The van der Waals surface area contributed by atoms with Crippen molar-refractivity contribution < 1.29 is 38.4 Å². The van der Waals surface area contributed by atoms with Crippen molar-refractivity contribution in [1.82, 2.24) is 15.3 Å². The second-order valence-electron chi connectivity index (χ2n) is 4.45. The molecule has 2 atom stereocenters. The lowest BCUT2D eigenvalue weighted by molar-refractivity contribution is -0.146. The van der Waals surface area contributed by atoms with E-state index in [1.54, 1.807) is 0 Å². The van der Waals surface area contributed by atoms with Crippen LogP contribution >= 0.6 is 7.82 Å². The number of phosphoric acid groups is 1. The number of nitrogens with zero attached hydrogens (tertiary/aromatic N) is 1. The van der Waals surface area contributed by atoms with E-state index in [1.807, 2.05) is 5.32 Å². The molecule has 1 rings (SSSR count). The topological polar surface area (TPSA) is 205 Å². The van der Waals surface area contributed by atoms with Crippen molar-refractivity contribution in [3.63, 3.8) is 0 Å². The minimum absolute atomic E-state index is 0.0269. The number of aliphatic carboxylic acids is 1. The molecule has 0 aliphatic rings. The molecule has 23 heavy (non-hydrogen) atoms. The highest BCUT2D eigenvalue weighted by Gasteiger charge is 2.32. The number of carboxylic acids is 1. The van der Waals surface area contributed by atoms with Crippen LogP contribution in [0.15, 0.2) is 12.5 Å². The summed E-state index contributed by atoms with van der Waals surface area (Å²) in [5.74, 6) is -3.96. The third-order valence-corrected chi connectivity index (χ3v) is 2.94. The van der Waals surface area contributed by atoms with Gasteiger partial charge in [-0.25, -0.2) is 14.3 Å². The van der Waals surface area contributed by atoms with E-state index < -0.39 is 44.2 Å². The van der Waals surface area contributed by atoms with Crippen LogP contribution in [0, 0.1) is 0 Å². The second kappa shape index (κ2) is 7.83. The minimum atomic E-state index is -5.17. The fraction of sp³-hybridized carbons (Fsp3) is 0.400. The molecule has 0 saturated heterocycles. The van der Waals surface area contributed by atoms with Crippen LogP contribution in [-0.2, 0) is 29.9 Å². The number of aromatic amines is 1. The fourth-order valence-corrected chi connectivity index (χ4v) is 1.92. The molecule has 0 radical (unpaired) electrons. The summed E-state index contributed by atoms with van der Waals surface area (Å²) in [6.07, 6.45) is 1.88. The Balaban J connectivity index is 2.71. The Hall–Kier alpha value is -2.27. The molecular weight excluding hydrogens is 335 g/mol. The van der Waals surface area contributed by atoms with Crippen LogP contribution in [0.4, 0.5) is 0 Å². The molecule has 13 heteroatoms. The highest BCUT2D eigenvalue weighted by atomic mass is 31.2. The van der Waals surface area contributed by atoms with Gasteiger partial charge in [0.15, 0.2) is 0 Å². The summed E-state index contributed by atoms with van der Waals surface area (Å²) in [7, 11) is -5.17. The van der Waals surface area contributed by atoms with E-state index in [4.69, 9.17) is 20.6 Å². The summed E-state index contributed by atoms with van der Waals surface area (Å²) in [5, 5.41) is 10.7. The van der Waals surface area contributed by atoms with Crippen LogP contribution in [0.3, 0.4) is 0 Å². The number of H-pyrrole nitrogens is 1. The largest absolute Gasteiger partial charge is 0.527 e. The third kappa shape index (κ3) is 7.02. The van der Waals surface area contributed by atoms with E-state index in [9.17, 15) is 18.9 Å². The van der Waals surface area contributed by atoms with Gasteiger partial charge < -0.3 is 25.7 Å². The quantitative estimate of drug-likeness (QED) is 0.281. The minimum Gasteiger partial charge on any atom is -0.481 e. The Morgan fingerprint density at radius 1 is 1.43 bits per heavy atom. The first kappa shape index (κ1) is 18.8. The summed E-state index contributed by atoms with van der Waals surface area (Å²) >= 11 is 0. The Bertz CT molecular complexity index is 612. The molecular formula is C10H15N4O8P. The molecule has 0 unspecified atom stereocenters. The van der Waals surface area contributed by atoms with E-state index >= 15 is 0 Å². The SMILES string of the molecule is N[C@@H](Cc1cnc[nH]1)C(=O)N[C@@H](CC(=O)O)C(=O)OP(=O)(O)O. The lowest BCUT2D eigenvalue weighted by atomic mass is 10.1. The Labute approximate surface area is 129 Å². The van der Waals surface area contributed by atoms with Gasteiger partial charge in [-0.15, -0.1) is 0 Å². The summed E-state index contributed by atoms with van der Waals surface area (Å²) in [4.78, 5) is 57.6. The third-order valence-electron chi connectivity index (χ3n) is 2.52. The van der Waals surface area contributed by atoms with Crippen molar-refractivity contribution in [1.29, 1.82) is 0 Å². The number of hydrogen-bond donors (Lipinski definition) is 6. The lowest BCUT2D eigenvalue weighted by Crippen LogP contribution is -2.50. The van der Waals surface area contributed by atoms with Gasteiger partial charge >= 0.3 is 19.8 Å². The normalized spacial score (nSPS) is 13.9. The average molecular weight is 350 g/mol. The first-order chi connectivity index (χ1) is 10.6. The van der Waals surface area contributed by atoms with Crippen LogP contribution in [0.5, 0.6) is 0 Å². The second-order valence-corrected chi connectivity index (χ2v) is 5.61. The van der Waals surface area contributed by atoms with Crippen molar-refractivity contribution in [3.8, 4) is 0 Å². The lowest BCUT2D eigenvalue weighted by Gasteiger charge is -2.18. The molecule has 0 fully saturated rings. The van der Waals surface area contributed by atoms with Gasteiger partial charge in [0, 0.05) is 18.3 Å². The molecule has 0 aliphatic carbocycles. The number of carboxylic acid groups (broad SMARTS) is 1. The number of nitrogens with two attached hydrogens (primary N) is 1. The van der Waals surface area contributed by atoms with Crippen LogP contribution in [0.2, 0.25) is 0 Å². The van der Waals surface area contributed by atoms with Gasteiger partial charge in [0.2, 0.25) is 5.91 Å². The molecule has 128 valence electrons. The Morgan fingerprint density at radius 2 is 2.09 bits per heavy atom. The van der Waals surface area contributed by atoms with Crippen molar-refractivity contribution in [2.75, 3.05) is 0 Å². The van der Waals surface area contributed by atoms with Crippen LogP contribution in [0.25, 0.3) is 0 Å². The Morgan fingerprint density at radius 3 is 2.57 bits per heavy atom. The number of phosphoric ester groups is 1. The monoisotopic (exact) mass is 350 g/mol. The van der Waals surface area contributed by atoms with E-state index in [-0.39, 0.29) is 6.42 Å². The molecule has 7 N–H and O–H groups in total. The average Bonchev–Trinajstić information content (AvgIpc) is 2.88. The smallest absolute Gasteiger partial charge is 0.481 e. The highest BCUT2D eigenvalue weighted by molar-refractivity contribution is 7.46. The molecule has 0 aromatic carbocycles. The number of carbonyl (C=O) groups is 3. The molecule has 0 aliphatic heterocycles. The number of carbonyl (C=O) groups excluding carboxylic acids is 2. The molecule has 1 aromatic heterocycles. The number of rotatable bonds is 8. The van der Waals surface area contributed by atoms with Crippen molar-refractivity contribution in [2.45, 2.75) is 24.9 Å². The molecule has 0 saturated carbocycles. The number of hydrogen-bond acceptors (Lipinski definition) is 7. The van der Waals surface area contributed by atoms with Crippen molar-refractivity contribution >= 4 is 25.7 Å². The molecule has 1 aromatic rings. The summed E-state index contributed by atoms with van der Waals surface area (Å²) in [6.45, 7) is 0. The van der Waals surface area contributed by atoms with Crippen LogP contribution < -0.4 is 11.1 Å². The number of imidazole rings is 1. The maximum Gasteiger partial charge on any atom is 0.527 e. The zero-order valence-electron chi connectivity index (χ0n) is 11.6. The number of amides is 1. The molecule has 1 heterocycles. The fourth-order valence-electron chi connectivity index (χ4n) is 1.55. The summed E-state index contributed by atoms with van der Waals surface area (Å²) < 4.78 is 14.4. The molecule has 1 amide bonds. The van der Waals surface area contributed by atoms with Gasteiger partial charge in [0.05, 0.1) is 18.8 Å². The first-order valence-corrected chi connectivity index (χ1v) is 7.65. The van der Waals surface area contributed by atoms with Gasteiger partial charge in [-0.3, -0.25) is 19.4 Å². The predicted molar refractivity (Wildman–Crippen MR) is 72.6 cm³/mol. The van der Waals surface area contributed by atoms with Crippen LogP contribution in [-0.4, -0.2) is 54.8 Å².